The summed E-state index contributed by atoms with van der Waals surface area (Å²) in [6, 6.07) is 0. The molecule has 0 saturated carbocycles. The van der Waals surface area contributed by atoms with E-state index in [1.807, 2.05) is 0 Å². The summed E-state index contributed by atoms with van der Waals surface area (Å²) in [4.78, 5) is 38.6. The number of nitrogens with two attached hydrogens (primary N) is 1. The summed E-state index contributed by atoms with van der Waals surface area (Å²) in [5.74, 6) is -1.48. The average molecular weight is 362 g/mol. The lowest BCUT2D eigenvalue weighted by atomic mass is 9.93. The van der Waals surface area contributed by atoms with Gasteiger partial charge in [-0.3, -0.25) is 14.5 Å². The van der Waals surface area contributed by atoms with Crippen molar-refractivity contribution in [3.05, 3.63) is 27.2 Å². The molecule has 8 heteroatoms. The molecule has 132 valence electrons. The molecule has 2 aliphatic heterocycles. The van der Waals surface area contributed by atoms with Gasteiger partial charge in [-0.25, -0.2) is 4.79 Å². The fourth-order valence-corrected chi connectivity index (χ4v) is 4.88. The predicted molar refractivity (Wildman–Crippen MR) is 90.2 cm³/mol. The number of amides is 2. The van der Waals surface area contributed by atoms with E-state index >= 15 is 0 Å². The fraction of sp³-hybridized carbons (Fsp3) is 0.471. The molecule has 0 bridgehead atoms. The Hall–Kier alpha value is -2.19. The lowest BCUT2D eigenvalue weighted by Crippen LogP contribution is -2.41. The molecule has 3 N–H and O–H groups in total. The highest BCUT2D eigenvalue weighted by Gasteiger charge is 2.40. The molecule has 0 fully saturated rings. The van der Waals surface area contributed by atoms with Gasteiger partial charge in [0.1, 0.15) is 5.00 Å². The summed E-state index contributed by atoms with van der Waals surface area (Å²) < 4.78 is 5.76. The van der Waals surface area contributed by atoms with E-state index in [2.05, 4.69) is 0 Å². The summed E-state index contributed by atoms with van der Waals surface area (Å²) in [6.45, 7) is 0.407. The van der Waals surface area contributed by atoms with Crippen molar-refractivity contribution >= 4 is 34.1 Å². The maximum Gasteiger partial charge on any atom is 0.338 e. The van der Waals surface area contributed by atoms with E-state index in [-0.39, 0.29) is 35.5 Å². The monoisotopic (exact) mass is 362 g/mol. The molecule has 0 saturated heterocycles. The zero-order valence-electron chi connectivity index (χ0n) is 13.5. The lowest BCUT2D eigenvalue weighted by Gasteiger charge is -2.27. The van der Waals surface area contributed by atoms with Crippen LogP contribution in [0.4, 0.5) is 5.00 Å². The van der Waals surface area contributed by atoms with Crippen LogP contribution in [0.1, 0.15) is 46.5 Å². The molecule has 0 spiro atoms. The molecule has 0 aromatic carbocycles. The third kappa shape index (κ3) is 2.56. The molecule has 25 heavy (non-hydrogen) atoms. The highest BCUT2D eigenvalue weighted by atomic mass is 32.1. The maximum absolute atomic E-state index is 12.5. The van der Waals surface area contributed by atoms with E-state index in [1.165, 1.54) is 16.2 Å². The van der Waals surface area contributed by atoms with Crippen molar-refractivity contribution in [3.8, 4) is 0 Å². The van der Waals surface area contributed by atoms with Crippen LogP contribution in [-0.2, 0) is 27.4 Å². The zero-order chi connectivity index (χ0) is 17.7. The van der Waals surface area contributed by atoms with E-state index in [1.54, 1.807) is 0 Å². The van der Waals surface area contributed by atoms with Gasteiger partial charge in [-0.1, -0.05) is 0 Å². The number of nitrogen functional groups attached to an aromatic ring is 1. The first-order valence-electron chi connectivity index (χ1n) is 8.30. The molecule has 2 amide bonds. The average Bonchev–Trinajstić information content (AvgIpc) is 3.04. The first-order valence-corrected chi connectivity index (χ1v) is 9.12. The van der Waals surface area contributed by atoms with E-state index in [0.717, 1.165) is 17.7 Å². The Morgan fingerprint density at radius 2 is 1.88 bits per heavy atom. The van der Waals surface area contributed by atoms with Gasteiger partial charge >= 0.3 is 5.97 Å². The van der Waals surface area contributed by atoms with Crippen LogP contribution in [0.25, 0.3) is 0 Å². The van der Waals surface area contributed by atoms with Crippen molar-refractivity contribution in [2.45, 2.75) is 44.8 Å². The van der Waals surface area contributed by atoms with Gasteiger partial charge in [-0.2, -0.15) is 0 Å². The Kier molecular flexibility index (Phi) is 3.88. The maximum atomic E-state index is 12.5. The standard InChI is InChI=1S/C17H18N2O5S/c18-14-13(17(22)23)11-5-8(24-7-12(11)25-14)6-19-15(20)9-3-1-2-4-10(9)16(19)21/h8H,1-7,18H2,(H,22,23). The number of thiophene rings is 1. The van der Waals surface area contributed by atoms with Crippen LogP contribution in [0, 0.1) is 0 Å². The molecule has 3 heterocycles. The number of hydrogen-bond acceptors (Lipinski definition) is 6. The van der Waals surface area contributed by atoms with E-state index in [9.17, 15) is 19.5 Å². The number of rotatable bonds is 3. The van der Waals surface area contributed by atoms with Crippen molar-refractivity contribution in [2.24, 2.45) is 0 Å². The minimum Gasteiger partial charge on any atom is -0.478 e. The van der Waals surface area contributed by atoms with Crippen LogP contribution in [0.3, 0.4) is 0 Å². The first kappa shape index (κ1) is 16.3. The molecule has 3 aliphatic rings. The minimum absolute atomic E-state index is 0.129. The van der Waals surface area contributed by atoms with Crippen LogP contribution in [-0.4, -0.2) is 40.4 Å². The van der Waals surface area contributed by atoms with Gasteiger partial charge in [0.15, 0.2) is 0 Å². The number of ether oxygens (including phenoxy) is 1. The molecule has 4 rings (SSSR count). The Labute approximate surface area is 148 Å². The van der Waals surface area contributed by atoms with Crippen LogP contribution >= 0.6 is 11.3 Å². The van der Waals surface area contributed by atoms with Crippen molar-refractivity contribution in [2.75, 3.05) is 12.3 Å². The summed E-state index contributed by atoms with van der Waals surface area (Å²) in [6.07, 6.45) is 3.13. The van der Waals surface area contributed by atoms with Gasteiger partial charge in [0.05, 0.1) is 24.8 Å². The molecular formula is C17H18N2O5S. The Morgan fingerprint density at radius 1 is 1.24 bits per heavy atom. The quantitative estimate of drug-likeness (QED) is 0.792. The van der Waals surface area contributed by atoms with Crippen molar-refractivity contribution < 1.29 is 24.2 Å². The van der Waals surface area contributed by atoms with Crippen LogP contribution in [0.5, 0.6) is 0 Å². The van der Waals surface area contributed by atoms with Crippen LogP contribution < -0.4 is 5.73 Å². The summed E-state index contributed by atoms with van der Waals surface area (Å²) >= 11 is 1.22. The van der Waals surface area contributed by atoms with Gasteiger partial charge in [-0.15, -0.1) is 11.3 Å². The van der Waals surface area contributed by atoms with Gasteiger partial charge in [0.2, 0.25) is 0 Å². The minimum atomic E-state index is -1.05. The normalized spacial score (nSPS) is 23.0. The second-order valence-electron chi connectivity index (χ2n) is 6.57. The third-order valence-corrected chi connectivity index (χ3v) is 6.11. The van der Waals surface area contributed by atoms with Crippen molar-refractivity contribution in [3.63, 3.8) is 0 Å². The Bertz CT molecular complexity index is 797. The van der Waals surface area contributed by atoms with Crippen molar-refractivity contribution in [1.82, 2.24) is 4.90 Å². The van der Waals surface area contributed by atoms with E-state index in [4.69, 9.17) is 10.5 Å². The number of imide groups is 1. The number of anilines is 1. The van der Waals surface area contributed by atoms with Gasteiger partial charge in [-0.05, 0) is 31.2 Å². The largest absolute Gasteiger partial charge is 0.478 e. The molecular weight excluding hydrogens is 344 g/mol. The zero-order valence-corrected chi connectivity index (χ0v) is 14.4. The number of carbonyl (C=O) groups is 3. The predicted octanol–water partition coefficient (Wildman–Crippen LogP) is 1.71. The number of aromatic carboxylic acids is 1. The number of carbonyl (C=O) groups excluding carboxylic acids is 2. The Balaban J connectivity index is 1.53. The smallest absolute Gasteiger partial charge is 0.338 e. The molecule has 7 nitrogen and oxygen atoms in total. The number of hydrogen-bond donors (Lipinski definition) is 2. The van der Waals surface area contributed by atoms with E-state index in [0.29, 0.717) is 36.0 Å². The van der Waals surface area contributed by atoms with Crippen molar-refractivity contribution in [1.29, 1.82) is 0 Å². The number of carboxylic acid groups (broad SMARTS) is 1. The van der Waals surface area contributed by atoms with E-state index < -0.39 is 12.1 Å². The lowest BCUT2D eigenvalue weighted by molar-refractivity contribution is -0.140. The molecule has 0 radical (unpaired) electrons. The second kappa shape index (κ2) is 5.96. The molecule has 1 aromatic rings. The van der Waals surface area contributed by atoms with Gasteiger partial charge in [0.25, 0.3) is 11.8 Å². The highest BCUT2D eigenvalue weighted by molar-refractivity contribution is 7.16. The van der Waals surface area contributed by atoms with Crippen LogP contribution in [0.15, 0.2) is 11.1 Å². The summed E-state index contributed by atoms with van der Waals surface area (Å²) in [7, 11) is 0. The number of fused-ring (bicyclic) bond motifs is 1. The Morgan fingerprint density at radius 3 is 2.48 bits per heavy atom. The highest BCUT2D eigenvalue weighted by Crippen LogP contribution is 2.37. The van der Waals surface area contributed by atoms with Gasteiger partial charge in [0, 0.05) is 22.4 Å². The molecule has 1 aliphatic carbocycles. The fourth-order valence-electron chi connectivity index (χ4n) is 3.86. The topological polar surface area (TPSA) is 110 Å². The first-order chi connectivity index (χ1) is 12.0. The van der Waals surface area contributed by atoms with Gasteiger partial charge < -0.3 is 15.6 Å². The molecule has 1 aromatic heterocycles. The summed E-state index contributed by atoms with van der Waals surface area (Å²) in [5, 5.41) is 9.64. The molecule has 1 unspecified atom stereocenters. The number of carboxylic acids is 1. The SMILES string of the molecule is Nc1sc2c(c1C(=O)O)CC(CN1C(=O)C3=C(CCCC3)C1=O)OC2. The third-order valence-electron chi connectivity index (χ3n) is 5.07. The summed E-state index contributed by atoms with van der Waals surface area (Å²) in [5.41, 5.74) is 7.91. The number of nitrogens with zero attached hydrogens (tertiary/aromatic N) is 1. The molecule has 1 atom stereocenters. The second-order valence-corrected chi connectivity index (χ2v) is 7.71. The van der Waals surface area contributed by atoms with Crippen LogP contribution in [0.2, 0.25) is 0 Å².